The molecule has 1 aromatic carbocycles. The molecule has 3 heterocycles. The zero-order valence-electron chi connectivity index (χ0n) is 15.3. The van der Waals surface area contributed by atoms with Crippen molar-refractivity contribution in [3.63, 3.8) is 0 Å². The molecule has 2 saturated heterocycles. The predicted octanol–water partition coefficient (Wildman–Crippen LogP) is 2.50. The van der Waals surface area contributed by atoms with Crippen LogP contribution in [0.25, 0.3) is 11.4 Å². The summed E-state index contributed by atoms with van der Waals surface area (Å²) in [5.74, 6) is 2.12. The van der Waals surface area contributed by atoms with Gasteiger partial charge in [-0.05, 0) is 49.9 Å². The van der Waals surface area contributed by atoms with Crippen molar-refractivity contribution >= 4 is 0 Å². The van der Waals surface area contributed by atoms with Crippen molar-refractivity contribution < 1.29 is 9.26 Å². The van der Waals surface area contributed by atoms with Gasteiger partial charge in [0.15, 0.2) is 0 Å². The lowest BCUT2D eigenvalue weighted by molar-refractivity contribution is 0.0342. The van der Waals surface area contributed by atoms with Gasteiger partial charge in [-0.3, -0.25) is 4.90 Å². The minimum absolute atomic E-state index is 0.644. The molecular weight excluding hydrogens is 328 g/mol. The van der Waals surface area contributed by atoms with Crippen LogP contribution in [0.3, 0.4) is 0 Å². The van der Waals surface area contributed by atoms with Crippen LogP contribution >= 0.6 is 0 Å². The third-order valence-corrected chi connectivity index (χ3v) is 5.32. The maximum Gasteiger partial charge on any atom is 0.227 e. The number of benzene rings is 1. The summed E-state index contributed by atoms with van der Waals surface area (Å²) >= 11 is 0. The quantitative estimate of drug-likeness (QED) is 0.888. The van der Waals surface area contributed by atoms with Gasteiger partial charge in [-0.25, -0.2) is 0 Å². The monoisotopic (exact) mass is 356 g/mol. The van der Waals surface area contributed by atoms with Gasteiger partial charge in [0, 0.05) is 31.6 Å². The van der Waals surface area contributed by atoms with Crippen LogP contribution in [-0.4, -0.2) is 54.4 Å². The fourth-order valence-electron chi connectivity index (χ4n) is 3.82. The summed E-state index contributed by atoms with van der Waals surface area (Å²) in [4.78, 5) is 7.08. The molecule has 1 N–H and O–H groups in total. The van der Waals surface area contributed by atoms with Crippen LogP contribution in [0.5, 0.6) is 0 Å². The van der Waals surface area contributed by atoms with Gasteiger partial charge in [-0.1, -0.05) is 23.4 Å². The van der Waals surface area contributed by atoms with Crippen molar-refractivity contribution in [2.45, 2.75) is 32.2 Å². The summed E-state index contributed by atoms with van der Waals surface area (Å²) in [6.07, 6.45) is 4.55. The van der Waals surface area contributed by atoms with Crippen molar-refractivity contribution in [1.82, 2.24) is 20.4 Å². The molecule has 26 heavy (non-hydrogen) atoms. The normalized spacial score (nSPS) is 22.2. The first-order valence-electron chi connectivity index (χ1n) is 9.79. The lowest BCUT2D eigenvalue weighted by Crippen LogP contribution is -2.35. The zero-order chi connectivity index (χ0) is 17.6. The number of rotatable bonds is 5. The Labute approximate surface area is 154 Å². The Kier molecular flexibility index (Phi) is 5.94. The second-order valence-corrected chi connectivity index (χ2v) is 7.35. The average molecular weight is 356 g/mol. The number of morpholine rings is 1. The fourth-order valence-corrected chi connectivity index (χ4v) is 3.82. The SMILES string of the molecule is c1cc(CN2CCOCC2)cc(-c2noc(CC3CCCNCC3)n2)c1. The van der Waals surface area contributed by atoms with Gasteiger partial charge < -0.3 is 14.6 Å². The van der Waals surface area contributed by atoms with Crippen molar-refractivity contribution in [1.29, 1.82) is 0 Å². The van der Waals surface area contributed by atoms with E-state index in [1.165, 1.54) is 24.8 Å². The van der Waals surface area contributed by atoms with Crippen LogP contribution < -0.4 is 5.32 Å². The van der Waals surface area contributed by atoms with E-state index in [9.17, 15) is 0 Å². The van der Waals surface area contributed by atoms with Crippen molar-refractivity contribution in [2.24, 2.45) is 5.92 Å². The summed E-state index contributed by atoms with van der Waals surface area (Å²) in [6, 6.07) is 8.49. The van der Waals surface area contributed by atoms with E-state index in [1.807, 2.05) is 0 Å². The largest absolute Gasteiger partial charge is 0.379 e. The molecule has 140 valence electrons. The molecule has 0 bridgehead atoms. The third-order valence-electron chi connectivity index (χ3n) is 5.32. The highest BCUT2D eigenvalue weighted by molar-refractivity contribution is 5.55. The first-order valence-corrected chi connectivity index (χ1v) is 9.79. The Balaban J connectivity index is 1.40. The standard InChI is InChI=1S/C20H28N4O2/c1-3-17(15-24-9-11-25-12-10-24)13-18(5-1)20-22-19(26-23-20)14-16-4-2-7-21-8-6-16/h1,3,5,13,16,21H,2,4,6-12,14-15H2. The fraction of sp³-hybridized carbons (Fsp3) is 0.600. The van der Waals surface area contributed by atoms with Gasteiger partial charge in [0.1, 0.15) is 0 Å². The lowest BCUT2D eigenvalue weighted by Gasteiger charge is -2.26. The average Bonchev–Trinajstić information content (AvgIpc) is 2.98. The number of nitrogens with one attached hydrogen (secondary N) is 1. The van der Waals surface area contributed by atoms with E-state index >= 15 is 0 Å². The highest BCUT2D eigenvalue weighted by Gasteiger charge is 2.17. The first kappa shape index (κ1) is 17.6. The van der Waals surface area contributed by atoms with Gasteiger partial charge in [0.2, 0.25) is 11.7 Å². The molecule has 0 amide bonds. The Morgan fingerprint density at radius 2 is 2.08 bits per heavy atom. The van der Waals surface area contributed by atoms with Gasteiger partial charge >= 0.3 is 0 Å². The molecule has 0 saturated carbocycles. The molecule has 2 aliphatic rings. The minimum Gasteiger partial charge on any atom is -0.379 e. The van der Waals surface area contributed by atoms with Crippen LogP contribution in [0.1, 0.15) is 30.7 Å². The van der Waals surface area contributed by atoms with E-state index in [4.69, 9.17) is 9.26 Å². The number of ether oxygens (including phenoxy) is 1. The highest BCUT2D eigenvalue weighted by atomic mass is 16.5. The van der Waals surface area contributed by atoms with E-state index < -0.39 is 0 Å². The van der Waals surface area contributed by atoms with Gasteiger partial charge in [0.05, 0.1) is 13.2 Å². The summed E-state index contributed by atoms with van der Waals surface area (Å²) in [6.45, 7) is 6.79. The molecule has 1 unspecified atom stereocenters. The van der Waals surface area contributed by atoms with Crippen molar-refractivity contribution in [3.8, 4) is 11.4 Å². The summed E-state index contributed by atoms with van der Waals surface area (Å²) < 4.78 is 11.0. The molecule has 1 aromatic heterocycles. The molecule has 6 heteroatoms. The molecule has 0 radical (unpaired) electrons. The molecule has 1 atom stereocenters. The van der Waals surface area contributed by atoms with E-state index in [-0.39, 0.29) is 0 Å². The summed E-state index contributed by atoms with van der Waals surface area (Å²) in [5, 5.41) is 7.68. The molecule has 2 aliphatic heterocycles. The Bertz CT molecular complexity index is 689. The van der Waals surface area contributed by atoms with Gasteiger partial charge in [0.25, 0.3) is 0 Å². The maximum atomic E-state index is 5.54. The van der Waals surface area contributed by atoms with Crippen LogP contribution in [0.2, 0.25) is 0 Å². The lowest BCUT2D eigenvalue weighted by atomic mass is 9.97. The smallest absolute Gasteiger partial charge is 0.227 e. The zero-order valence-corrected chi connectivity index (χ0v) is 15.3. The molecule has 0 aliphatic carbocycles. The van der Waals surface area contributed by atoms with Crippen molar-refractivity contribution in [2.75, 3.05) is 39.4 Å². The Morgan fingerprint density at radius 1 is 1.15 bits per heavy atom. The van der Waals surface area contributed by atoms with E-state index in [0.29, 0.717) is 11.7 Å². The predicted molar refractivity (Wildman–Crippen MR) is 99.7 cm³/mol. The van der Waals surface area contributed by atoms with Crippen molar-refractivity contribution in [3.05, 3.63) is 35.7 Å². The summed E-state index contributed by atoms with van der Waals surface area (Å²) in [7, 11) is 0. The Morgan fingerprint density at radius 3 is 3.00 bits per heavy atom. The molecular formula is C20H28N4O2. The molecule has 2 fully saturated rings. The third kappa shape index (κ3) is 4.69. The number of nitrogens with zero attached hydrogens (tertiary/aromatic N) is 3. The minimum atomic E-state index is 0.644. The second kappa shape index (κ2) is 8.75. The molecule has 2 aromatic rings. The van der Waals surface area contributed by atoms with E-state index in [2.05, 4.69) is 44.6 Å². The van der Waals surface area contributed by atoms with Gasteiger partial charge in [-0.2, -0.15) is 4.98 Å². The number of aromatic nitrogens is 2. The van der Waals surface area contributed by atoms with Crippen LogP contribution in [-0.2, 0) is 17.7 Å². The molecule has 6 nitrogen and oxygen atoms in total. The van der Waals surface area contributed by atoms with Crippen LogP contribution in [0.4, 0.5) is 0 Å². The summed E-state index contributed by atoms with van der Waals surface area (Å²) in [5.41, 5.74) is 2.32. The van der Waals surface area contributed by atoms with Crippen LogP contribution in [0, 0.1) is 5.92 Å². The molecule has 0 spiro atoms. The second-order valence-electron chi connectivity index (χ2n) is 7.35. The number of hydrogen-bond acceptors (Lipinski definition) is 6. The Hall–Kier alpha value is -1.76. The first-order chi connectivity index (χ1) is 12.9. The highest BCUT2D eigenvalue weighted by Crippen LogP contribution is 2.22. The van der Waals surface area contributed by atoms with E-state index in [0.717, 1.165) is 63.8 Å². The molecule has 4 rings (SSSR count). The maximum absolute atomic E-state index is 5.54. The topological polar surface area (TPSA) is 63.4 Å². The van der Waals surface area contributed by atoms with Crippen LogP contribution in [0.15, 0.2) is 28.8 Å². The number of hydrogen-bond donors (Lipinski definition) is 1. The van der Waals surface area contributed by atoms with Gasteiger partial charge in [-0.15, -0.1) is 0 Å². The van der Waals surface area contributed by atoms with E-state index in [1.54, 1.807) is 0 Å².